The summed E-state index contributed by atoms with van der Waals surface area (Å²) < 4.78 is 1.72. The minimum atomic E-state index is -0.624. The molecule has 0 aliphatic heterocycles. The van der Waals surface area contributed by atoms with Crippen LogP contribution in [0.4, 0.5) is 0 Å². The minimum absolute atomic E-state index is 0.0337. The van der Waals surface area contributed by atoms with Crippen molar-refractivity contribution in [2.45, 2.75) is 39.2 Å². The lowest BCUT2D eigenvalue weighted by Crippen LogP contribution is -2.43. The van der Waals surface area contributed by atoms with Crippen LogP contribution in [0.25, 0.3) is 0 Å². The van der Waals surface area contributed by atoms with Crippen LogP contribution in [0.1, 0.15) is 32.8 Å². The molecule has 1 N–H and O–H groups in total. The van der Waals surface area contributed by atoms with Crippen molar-refractivity contribution in [3.8, 4) is 0 Å². The van der Waals surface area contributed by atoms with Gasteiger partial charge in [0.1, 0.15) is 5.54 Å². The van der Waals surface area contributed by atoms with Gasteiger partial charge in [-0.05, 0) is 25.8 Å². The van der Waals surface area contributed by atoms with E-state index in [1.165, 1.54) is 5.56 Å². The Morgan fingerprint density at radius 3 is 2.80 bits per heavy atom. The highest BCUT2D eigenvalue weighted by molar-refractivity contribution is 5.83. The van der Waals surface area contributed by atoms with Gasteiger partial charge in [-0.15, -0.1) is 0 Å². The van der Waals surface area contributed by atoms with E-state index in [-0.39, 0.29) is 5.91 Å². The fourth-order valence-electron chi connectivity index (χ4n) is 1.49. The molecule has 1 aromatic rings. The van der Waals surface area contributed by atoms with Crippen molar-refractivity contribution in [2.24, 2.45) is 0 Å². The summed E-state index contributed by atoms with van der Waals surface area (Å²) >= 11 is 0. The summed E-state index contributed by atoms with van der Waals surface area (Å²) in [6.07, 6.45) is 5.86. The van der Waals surface area contributed by atoms with Gasteiger partial charge in [-0.3, -0.25) is 9.48 Å². The number of likely N-dealkylation sites (N-methyl/N-ethyl adjacent to an activating group) is 1. The average Bonchev–Trinajstić information content (AvgIpc) is 2.66. The molecule has 0 atom stereocenters. The van der Waals surface area contributed by atoms with E-state index in [0.717, 1.165) is 12.8 Å². The largest absolute Gasteiger partial charge is 0.357 e. The molecule has 4 heteroatoms. The van der Waals surface area contributed by atoms with Crippen LogP contribution in [0.15, 0.2) is 12.4 Å². The van der Waals surface area contributed by atoms with Gasteiger partial charge in [0.05, 0.1) is 6.20 Å². The van der Waals surface area contributed by atoms with Gasteiger partial charge in [-0.25, -0.2) is 0 Å². The second-order valence-electron chi connectivity index (χ2n) is 4.18. The first-order valence-electron chi connectivity index (χ1n) is 5.28. The number of nitrogens with zero attached hydrogens (tertiary/aromatic N) is 2. The number of nitrogens with one attached hydrogen (secondary N) is 1. The van der Waals surface area contributed by atoms with Crippen molar-refractivity contribution in [2.75, 3.05) is 7.05 Å². The minimum Gasteiger partial charge on any atom is -0.357 e. The molecule has 0 aliphatic carbocycles. The summed E-state index contributed by atoms with van der Waals surface area (Å²) in [5.41, 5.74) is 0.551. The lowest BCUT2D eigenvalue weighted by molar-refractivity contribution is -0.128. The third-order valence-electron chi connectivity index (χ3n) is 2.53. The first kappa shape index (κ1) is 11.8. The summed E-state index contributed by atoms with van der Waals surface area (Å²) in [7, 11) is 1.64. The summed E-state index contributed by atoms with van der Waals surface area (Å²) in [4.78, 5) is 11.6. The highest BCUT2D eigenvalue weighted by atomic mass is 16.2. The Kier molecular flexibility index (Phi) is 3.50. The molecule has 4 nitrogen and oxygen atoms in total. The molecule has 1 aromatic heterocycles. The van der Waals surface area contributed by atoms with E-state index in [0.29, 0.717) is 0 Å². The Hall–Kier alpha value is -1.32. The van der Waals surface area contributed by atoms with Crippen molar-refractivity contribution in [1.82, 2.24) is 15.1 Å². The first-order valence-corrected chi connectivity index (χ1v) is 5.28. The number of rotatable bonds is 4. The molecule has 0 saturated heterocycles. The van der Waals surface area contributed by atoms with Crippen LogP contribution in [-0.4, -0.2) is 22.7 Å². The molecule has 1 amide bonds. The van der Waals surface area contributed by atoms with Gasteiger partial charge < -0.3 is 5.32 Å². The summed E-state index contributed by atoms with van der Waals surface area (Å²) in [5, 5.41) is 6.88. The van der Waals surface area contributed by atoms with Crippen LogP contribution in [0.2, 0.25) is 0 Å². The molecule has 0 saturated carbocycles. The fraction of sp³-hybridized carbons (Fsp3) is 0.636. The van der Waals surface area contributed by atoms with Gasteiger partial charge in [0, 0.05) is 13.2 Å². The van der Waals surface area contributed by atoms with Crippen LogP contribution in [0, 0.1) is 0 Å². The predicted molar refractivity (Wildman–Crippen MR) is 59.6 cm³/mol. The Labute approximate surface area is 90.7 Å². The van der Waals surface area contributed by atoms with E-state index in [9.17, 15) is 4.79 Å². The highest BCUT2D eigenvalue weighted by Gasteiger charge is 2.29. The fourth-order valence-corrected chi connectivity index (χ4v) is 1.49. The van der Waals surface area contributed by atoms with E-state index in [4.69, 9.17) is 0 Å². The van der Waals surface area contributed by atoms with Crippen molar-refractivity contribution in [3.63, 3.8) is 0 Å². The summed E-state index contributed by atoms with van der Waals surface area (Å²) in [6, 6.07) is 0. The van der Waals surface area contributed by atoms with Crippen molar-refractivity contribution in [3.05, 3.63) is 18.0 Å². The SMILES string of the molecule is CCCc1cnn(C(C)(C)C(=O)NC)c1. The molecule has 0 aliphatic rings. The second kappa shape index (κ2) is 4.47. The van der Waals surface area contributed by atoms with E-state index in [1.54, 1.807) is 11.7 Å². The van der Waals surface area contributed by atoms with Gasteiger partial charge >= 0.3 is 0 Å². The Morgan fingerprint density at radius 2 is 2.27 bits per heavy atom. The number of aromatic nitrogens is 2. The molecule has 0 fully saturated rings. The predicted octanol–water partition coefficient (Wildman–Crippen LogP) is 1.32. The monoisotopic (exact) mass is 209 g/mol. The smallest absolute Gasteiger partial charge is 0.247 e. The molecule has 1 heterocycles. The lowest BCUT2D eigenvalue weighted by atomic mass is 10.1. The van der Waals surface area contributed by atoms with Gasteiger partial charge in [-0.1, -0.05) is 13.3 Å². The molecule has 0 aromatic carbocycles. The number of amides is 1. The zero-order chi connectivity index (χ0) is 11.5. The van der Waals surface area contributed by atoms with Crippen molar-refractivity contribution >= 4 is 5.91 Å². The zero-order valence-corrected chi connectivity index (χ0v) is 9.87. The Morgan fingerprint density at radius 1 is 1.60 bits per heavy atom. The molecular formula is C11H19N3O. The maximum atomic E-state index is 11.6. The zero-order valence-electron chi connectivity index (χ0n) is 9.87. The lowest BCUT2D eigenvalue weighted by Gasteiger charge is -2.22. The molecule has 0 unspecified atom stereocenters. The van der Waals surface area contributed by atoms with Crippen LogP contribution < -0.4 is 5.32 Å². The molecule has 1 rings (SSSR count). The van der Waals surface area contributed by atoms with Gasteiger partial charge in [-0.2, -0.15) is 5.10 Å². The van der Waals surface area contributed by atoms with Crippen LogP contribution >= 0.6 is 0 Å². The third kappa shape index (κ3) is 2.37. The summed E-state index contributed by atoms with van der Waals surface area (Å²) in [5.74, 6) is -0.0337. The number of hydrogen-bond donors (Lipinski definition) is 1. The van der Waals surface area contributed by atoms with Gasteiger partial charge in [0.15, 0.2) is 0 Å². The van der Waals surface area contributed by atoms with E-state index < -0.39 is 5.54 Å². The van der Waals surface area contributed by atoms with Crippen LogP contribution in [0.5, 0.6) is 0 Å². The quantitative estimate of drug-likeness (QED) is 0.813. The topological polar surface area (TPSA) is 46.9 Å². The second-order valence-corrected chi connectivity index (χ2v) is 4.18. The first-order chi connectivity index (χ1) is 7.02. The van der Waals surface area contributed by atoms with Gasteiger partial charge in [0.25, 0.3) is 0 Å². The van der Waals surface area contributed by atoms with Crippen LogP contribution in [0.3, 0.4) is 0 Å². The molecule has 15 heavy (non-hydrogen) atoms. The Balaban J connectivity index is 2.89. The van der Waals surface area contributed by atoms with E-state index >= 15 is 0 Å². The highest BCUT2D eigenvalue weighted by Crippen LogP contribution is 2.15. The van der Waals surface area contributed by atoms with Crippen molar-refractivity contribution in [1.29, 1.82) is 0 Å². The number of carbonyl (C=O) groups excluding carboxylic acids is 1. The number of carbonyl (C=O) groups is 1. The Bertz CT molecular complexity index is 341. The molecular weight excluding hydrogens is 190 g/mol. The number of hydrogen-bond acceptors (Lipinski definition) is 2. The standard InChI is InChI=1S/C11H19N3O/c1-5-6-9-7-13-14(8-9)11(2,3)10(15)12-4/h7-8H,5-6H2,1-4H3,(H,12,15). The van der Waals surface area contributed by atoms with Crippen LogP contribution in [-0.2, 0) is 16.8 Å². The summed E-state index contributed by atoms with van der Waals surface area (Å²) in [6.45, 7) is 5.84. The molecule has 84 valence electrons. The normalized spacial score (nSPS) is 11.5. The van der Waals surface area contributed by atoms with Crippen molar-refractivity contribution < 1.29 is 4.79 Å². The maximum Gasteiger partial charge on any atom is 0.247 e. The maximum absolute atomic E-state index is 11.6. The molecule has 0 radical (unpaired) electrons. The molecule has 0 spiro atoms. The average molecular weight is 209 g/mol. The van der Waals surface area contributed by atoms with E-state index in [2.05, 4.69) is 17.3 Å². The molecule has 0 bridgehead atoms. The van der Waals surface area contributed by atoms with E-state index in [1.807, 2.05) is 26.2 Å². The van der Waals surface area contributed by atoms with Gasteiger partial charge in [0.2, 0.25) is 5.91 Å². The number of aryl methyl sites for hydroxylation is 1. The third-order valence-corrected chi connectivity index (χ3v) is 2.53.